The van der Waals surface area contributed by atoms with Crippen molar-refractivity contribution in [3.63, 3.8) is 0 Å². The van der Waals surface area contributed by atoms with Gasteiger partial charge in [-0.3, -0.25) is 19.3 Å². The number of carbonyl (C=O) groups excluding carboxylic acids is 3. The fourth-order valence-corrected chi connectivity index (χ4v) is 4.07. The Morgan fingerprint density at radius 1 is 1.29 bits per heavy atom. The number of amides is 3. The van der Waals surface area contributed by atoms with Crippen LogP contribution in [0, 0.1) is 0 Å². The average molecular weight is 427 g/mol. The first-order valence-corrected chi connectivity index (χ1v) is 9.89. The number of phenols is 1. The van der Waals surface area contributed by atoms with E-state index >= 15 is 0 Å². The van der Waals surface area contributed by atoms with Crippen molar-refractivity contribution in [3.8, 4) is 11.5 Å². The van der Waals surface area contributed by atoms with E-state index in [1.54, 1.807) is 4.90 Å². The molecule has 1 aromatic rings. The zero-order valence-electron chi connectivity index (χ0n) is 16.4. The molecule has 0 saturated carbocycles. The van der Waals surface area contributed by atoms with Crippen molar-refractivity contribution in [1.29, 1.82) is 0 Å². The summed E-state index contributed by atoms with van der Waals surface area (Å²) in [5.74, 6) is -0.887. The number of imide groups is 1. The molecule has 1 aliphatic heterocycles. The normalized spacial score (nSPS) is 15.9. The Hall–Kier alpha value is -2.19. The molecule has 0 radical (unpaired) electrons. The first-order valence-electron chi connectivity index (χ1n) is 8.69. The van der Waals surface area contributed by atoms with Gasteiger partial charge in [0.15, 0.2) is 11.5 Å². The molecule has 1 N–H and O–H groups in total. The van der Waals surface area contributed by atoms with Gasteiger partial charge in [-0.15, -0.1) is 0 Å². The molecule has 0 aromatic heterocycles. The van der Waals surface area contributed by atoms with E-state index < -0.39 is 11.1 Å². The first-order chi connectivity index (χ1) is 13.1. The van der Waals surface area contributed by atoms with Gasteiger partial charge in [0, 0.05) is 12.1 Å². The van der Waals surface area contributed by atoms with Crippen LogP contribution < -0.4 is 4.74 Å². The Morgan fingerprint density at radius 3 is 2.43 bits per heavy atom. The lowest BCUT2D eigenvalue weighted by atomic mass is 10.2. The van der Waals surface area contributed by atoms with E-state index in [1.165, 1.54) is 25.3 Å². The van der Waals surface area contributed by atoms with Crippen LogP contribution in [0.15, 0.2) is 17.0 Å². The van der Waals surface area contributed by atoms with Crippen LogP contribution in [-0.4, -0.2) is 57.7 Å². The molecule has 0 spiro atoms. The van der Waals surface area contributed by atoms with Gasteiger partial charge in [-0.05, 0) is 63.2 Å². The number of halogens is 1. The minimum absolute atomic E-state index is 0.0467. The number of thioether (sulfide) groups is 1. The molecule has 1 aliphatic rings. The fourth-order valence-electron chi connectivity index (χ4n) is 3.01. The second-order valence-corrected chi connectivity index (χ2v) is 8.21. The number of rotatable bonds is 6. The molecule has 7 nitrogen and oxygen atoms in total. The first kappa shape index (κ1) is 22.1. The molecule has 9 heteroatoms. The summed E-state index contributed by atoms with van der Waals surface area (Å²) in [5, 5.41) is 9.36. The fraction of sp³-hybridized carbons (Fsp3) is 0.421. The van der Waals surface area contributed by atoms with E-state index in [9.17, 15) is 19.5 Å². The maximum absolute atomic E-state index is 12.7. The molecule has 0 unspecified atom stereocenters. The number of carbonyl (C=O) groups is 3. The molecular weight excluding hydrogens is 404 g/mol. The van der Waals surface area contributed by atoms with Crippen LogP contribution in [0.25, 0.3) is 6.08 Å². The third kappa shape index (κ3) is 4.62. The lowest BCUT2D eigenvalue weighted by Gasteiger charge is -2.31. The molecule has 28 heavy (non-hydrogen) atoms. The summed E-state index contributed by atoms with van der Waals surface area (Å²) in [5.41, 5.74) is 0.488. The molecule has 152 valence electrons. The Kier molecular flexibility index (Phi) is 7.01. The lowest BCUT2D eigenvalue weighted by molar-refractivity contribution is -0.138. The summed E-state index contributed by atoms with van der Waals surface area (Å²) in [7, 11) is 1.38. The monoisotopic (exact) mass is 426 g/mol. The Labute approximate surface area is 173 Å². The van der Waals surface area contributed by atoms with Gasteiger partial charge in [-0.2, -0.15) is 0 Å². The van der Waals surface area contributed by atoms with E-state index in [4.69, 9.17) is 16.3 Å². The van der Waals surface area contributed by atoms with E-state index in [1.807, 2.05) is 27.7 Å². The van der Waals surface area contributed by atoms with Crippen LogP contribution in [0.5, 0.6) is 11.5 Å². The summed E-state index contributed by atoms with van der Waals surface area (Å²) >= 11 is 6.71. The van der Waals surface area contributed by atoms with Gasteiger partial charge >= 0.3 is 0 Å². The highest BCUT2D eigenvalue weighted by Gasteiger charge is 2.37. The number of aromatic hydroxyl groups is 1. The number of phenolic OH excluding ortho intramolecular Hbond substituents is 1. The van der Waals surface area contributed by atoms with Crippen LogP contribution in [0.4, 0.5) is 4.79 Å². The SMILES string of the molecule is COc1cc(/C=C2\SC(=O)N(CC(=O)N(C(C)C)C(C)C)C2=O)cc(Cl)c1O. The molecule has 1 aromatic carbocycles. The van der Waals surface area contributed by atoms with Crippen molar-refractivity contribution in [2.24, 2.45) is 0 Å². The van der Waals surface area contributed by atoms with Crippen molar-refractivity contribution >= 4 is 46.5 Å². The molecule has 3 amide bonds. The van der Waals surface area contributed by atoms with Crippen molar-refractivity contribution in [1.82, 2.24) is 9.80 Å². The van der Waals surface area contributed by atoms with Crippen LogP contribution in [0.3, 0.4) is 0 Å². The quantitative estimate of drug-likeness (QED) is 0.697. The number of hydrogen-bond acceptors (Lipinski definition) is 6. The summed E-state index contributed by atoms with van der Waals surface area (Å²) in [6.07, 6.45) is 1.48. The van der Waals surface area contributed by atoms with Gasteiger partial charge in [0.2, 0.25) is 5.91 Å². The molecular formula is C19H23ClN2O5S. The standard InChI is InChI=1S/C19H23ClN2O5S/c1-10(2)22(11(3)4)16(23)9-21-18(25)15(28-19(21)26)8-12-6-13(20)17(24)14(7-12)27-5/h6-8,10-11,24H,9H2,1-5H3/b15-8-. The van der Waals surface area contributed by atoms with Crippen LogP contribution in [-0.2, 0) is 9.59 Å². The van der Waals surface area contributed by atoms with Crippen LogP contribution in [0.2, 0.25) is 5.02 Å². The van der Waals surface area contributed by atoms with Gasteiger partial charge in [-0.25, -0.2) is 0 Å². The average Bonchev–Trinajstić information content (AvgIpc) is 2.84. The lowest BCUT2D eigenvalue weighted by Crippen LogP contribution is -2.48. The van der Waals surface area contributed by atoms with Gasteiger partial charge in [-0.1, -0.05) is 11.6 Å². The Bertz CT molecular complexity index is 830. The number of ether oxygens (including phenoxy) is 1. The molecule has 1 fully saturated rings. The van der Waals surface area contributed by atoms with Crippen LogP contribution >= 0.6 is 23.4 Å². The number of methoxy groups -OCH3 is 1. The second kappa shape index (κ2) is 8.87. The zero-order valence-corrected chi connectivity index (χ0v) is 17.9. The summed E-state index contributed by atoms with van der Waals surface area (Å²) in [6, 6.07) is 2.86. The van der Waals surface area contributed by atoms with E-state index in [2.05, 4.69) is 0 Å². The maximum atomic E-state index is 12.7. The highest BCUT2D eigenvalue weighted by Crippen LogP contribution is 2.38. The summed E-state index contributed by atoms with van der Waals surface area (Å²) in [4.78, 5) is 40.3. The largest absolute Gasteiger partial charge is 0.503 e. The van der Waals surface area contributed by atoms with Gasteiger partial charge in [0.25, 0.3) is 11.1 Å². The van der Waals surface area contributed by atoms with Crippen LogP contribution in [0.1, 0.15) is 33.3 Å². The summed E-state index contributed by atoms with van der Waals surface area (Å²) < 4.78 is 5.04. The third-order valence-electron chi connectivity index (χ3n) is 4.14. The highest BCUT2D eigenvalue weighted by atomic mass is 35.5. The van der Waals surface area contributed by atoms with E-state index in [0.29, 0.717) is 5.56 Å². The van der Waals surface area contributed by atoms with Crippen molar-refractivity contribution in [3.05, 3.63) is 27.6 Å². The van der Waals surface area contributed by atoms with Crippen molar-refractivity contribution in [2.45, 2.75) is 39.8 Å². The van der Waals surface area contributed by atoms with E-state index in [-0.39, 0.29) is 46.0 Å². The third-order valence-corrected chi connectivity index (χ3v) is 5.33. The van der Waals surface area contributed by atoms with Gasteiger partial charge < -0.3 is 14.7 Å². The minimum atomic E-state index is -0.543. The Morgan fingerprint density at radius 2 is 1.89 bits per heavy atom. The van der Waals surface area contributed by atoms with Crippen molar-refractivity contribution < 1.29 is 24.2 Å². The summed E-state index contributed by atoms with van der Waals surface area (Å²) in [6.45, 7) is 7.22. The molecule has 0 atom stereocenters. The Balaban J connectivity index is 2.25. The minimum Gasteiger partial charge on any atom is -0.503 e. The predicted molar refractivity (Wildman–Crippen MR) is 109 cm³/mol. The van der Waals surface area contributed by atoms with Gasteiger partial charge in [0.05, 0.1) is 17.0 Å². The molecule has 1 saturated heterocycles. The molecule has 1 heterocycles. The molecule has 2 rings (SSSR count). The number of hydrogen-bond donors (Lipinski definition) is 1. The molecule has 0 bridgehead atoms. The maximum Gasteiger partial charge on any atom is 0.294 e. The number of benzene rings is 1. The second-order valence-electron chi connectivity index (χ2n) is 6.81. The topological polar surface area (TPSA) is 87.2 Å². The number of nitrogens with zero attached hydrogens (tertiary/aromatic N) is 2. The highest BCUT2D eigenvalue weighted by molar-refractivity contribution is 8.18. The predicted octanol–water partition coefficient (Wildman–Crippen LogP) is 3.74. The van der Waals surface area contributed by atoms with Crippen molar-refractivity contribution in [2.75, 3.05) is 13.7 Å². The van der Waals surface area contributed by atoms with E-state index in [0.717, 1.165) is 16.7 Å². The molecule has 0 aliphatic carbocycles. The zero-order chi connectivity index (χ0) is 21.2. The smallest absolute Gasteiger partial charge is 0.294 e. The van der Waals surface area contributed by atoms with Gasteiger partial charge in [0.1, 0.15) is 6.54 Å².